The van der Waals surface area contributed by atoms with E-state index in [-0.39, 0.29) is 6.61 Å². The molecule has 0 aromatic heterocycles. The molecule has 0 spiro atoms. The molecule has 0 saturated carbocycles. The summed E-state index contributed by atoms with van der Waals surface area (Å²) in [6.45, 7) is 5.50. The van der Waals surface area contributed by atoms with Gasteiger partial charge in [-0.2, -0.15) is 0 Å². The van der Waals surface area contributed by atoms with Crippen LogP contribution in [0.2, 0.25) is 0 Å². The third kappa shape index (κ3) is 4.22. The van der Waals surface area contributed by atoms with E-state index in [9.17, 15) is 0 Å². The standard InChI is InChI=1S/C16H25NO2/c1-12(2)16-11-15(8-10-19-16)17-14-5-3-13(4-6-14)7-9-18/h3-6,12,15-18H,7-11H2,1-2H3. The van der Waals surface area contributed by atoms with E-state index in [1.165, 1.54) is 5.56 Å². The van der Waals surface area contributed by atoms with Gasteiger partial charge in [0.1, 0.15) is 0 Å². The summed E-state index contributed by atoms with van der Waals surface area (Å²) >= 11 is 0. The van der Waals surface area contributed by atoms with E-state index >= 15 is 0 Å². The molecule has 0 radical (unpaired) electrons. The van der Waals surface area contributed by atoms with E-state index in [1.54, 1.807) is 0 Å². The summed E-state index contributed by atoms with van der Waals surface area (Å²) in [5, 5.41) is 12.5. The van der Waals surface area contributed by atoms with Crippen LogP contribution in [-0.4, -0.2) is 30.5 Å². The van der Waals surface area contributed by atoms with Crippen molar-refractivity contribution in [1.29, 1.82) is 0 Å². The minimum atomic E-state index is 0.211. The number of aliphatic hydroxyl groups excluding tert-OH is 1. The van der Waals surface area contributed by atoms with Crippen LogP contribution in [0.1, 0.15) is 32.3 Å². The molecule has 1 fully saturated rings. The molecule has 2 rings (SSSR count). The average molecular weight is 263 g/mol. The molecule has 2 N–H and O–H groups in total. The lowest BCUT2D eigenvalue weighted by atomic mass is 9.95. The second kappa shape index (κ2) is 6.92. The summed E-state index contributed by atoms with van der Waals surface area (Å²) in [7, 11) is 0. The highest BCUT2D eigenvalue weighted by atomic mass is 16.5. The number of rotatable bonds is 5. The lowest BCUT2D eigenvalue weighted by Crippen LogP contribution is -2.36. The topological polar surface area (TPSA) is 41.5 Å². The first-order chi connectivity index (χ1) is 9.19. The summed E-state index contributed by atoms with van der Waals surface area (Å²) in [4.78, 5) is 0. The fourth-order valence-electron chi connectivity index (χ4n) is 2.56. The summed E-state index contributed by atoms with van der Waals surface area (Å²) in [6.07, 6.45) is 3.25. The summed E-state index contributed by atoms with van der Waals surface area (Å²) in [5.41, 5.74) is 2.34. The van der Waals surface area contributed by atoms with E-state index < -0.39 is 0 Å². The van der Waals surface area contributed by atoms with Crippen molar-refractivity contribution in [2.45, 2.75) is 45.3 Å². The maximum Gasteiger partial charge on any atom is 0.0617 e. The molecule has 1 aromatic rings. The van der Waals surface area contributed by atoms with E-state index in [0.29, 0.717) is 18.1 Å². The monoisotopic (exact) mass is 263 g/mol. The van der Waals surface area contributed by atoms with Crippen molar-refractivity contribution < 1.29 is 9.84 Å². The fourth-order valence-corrected chi connectivity index (χ4v) is 2.56. The van der Waals surface area contributed by atoms with E-state index in [1.807, 2.05) is 0 Å². The van der Waals surface area contributed by atoms with Crippen LogP contribution in [-0.2, 0) is 11.2 Å². The lowest BCUT2D eigenvalue weighted by Gasteiger charge is -2.33. The molecule has 0 bridgehead atoms. The number of hydrogen-bond donors (Lipinski definition) is 2. The minimum Gasteiger partial charge on any atom is -0.396 e. The first-order valence-electron chi connectivity index (χ1n) is 7.27. The molecular formula is C16H25NO2. The third-order valence-corrected chi connectivity index (χ3v) is 3.78. The number of hydrogen-bond acceptors (Lipinski definition) is 3. The summed E-state index contributed by atoms with van der Waals surface area (Å²) in [5.74, 6) is 0.580. The normalized spacial score (nSPS) is 23.6. The Morgan fingerprint density at radius 3 is 2.68 bits per heavy atom. The molecule has 106 valence electrons. The highest BCUT2D eigenvalue weighted by Crippen LogP contribution is 2.23. The van der Waals surface area contributed by atoms with E-state index in [0.717, 1.165) is 31.6 Å². The zero-order valence-corrected chi connectivity index (χ0v) is 11.9. The van der Waals surface area contributed by atoms with Gasteiger partial charge < -0.3 is 15.2 Å². The zero-order chi connectivity index (χ0) is 13.7. The zero-order valence-electron chi connectivity index (χ0n) is 11.9. The first kappa shape index (κ1) is 14.4. The second-order valence-corrected chi connectivity index (χ2v) is 5.69. The average Bonchev–Trinajstić information content (AvgIpc) is 2.42. The number of benzene rings is 1. The molecule has 19 heavy (non-hydrogen) atoms. The second-order valence-electron chi connectivity index (χ2n) is 5.69. The number of aliphatic hydroxyl groups is 1. The predicted molar refractivity (Wildman–Crippen MR) is 78.5 cm³/mol. The van der Waals surface area contributed by atoms with Gasteiger partial charge in [-0.3, -0.25) is 0 Å². The molecule has 1 aliphatic rings. The van der Waals surface area contributed by atoms with Crippen LogP contribution in [0, 0.1) is 5.92 Å². The van der Waals surface area contributed by atoms with Gasteiger partial charge in [-0.25, -0.2) is 0 Å². The van der Waals surface area contributed by atoms with Gasteiger partial charge >= 0.3 is 0 Å². The molecule has 2 unspecified atom stereocenters. The van der Waals surface area contributed by atoms with Crippen molar-refractivity contribution in [3.05, 3.63) is 29.8 Å². The molecule has 3 heteroatoms. The van der Waals surface area contributed by atoms with Crippen LogP contribution >= 0.6 is 0 Å². The molecular weight excluding hydrogens is 238 g/mol. The molecule has 1 heterocycles. The Kier molecular flexibility index (Phi) is 5.23. The van der Waals surface area contributed by atoms with Crippen LogP contribution in [0.3, 0.4) is 0 Å². The van der Waals surface area contributed by atoms with E-state index in [2.05, 4.69) is 43.4 Å². The van der Waals surface area contributed by atoms with Crippen LogP contribution in [0.25, 0.3) is 0 Å². The molecule has 0 aliphatic carbocycles. The van der Waals surface area contributed by atoms with Gasteiger partial charge in [0.05, 0.1) is 6.10 Å². The third-order valence-electron chi connectivity index (χ3n) is 3.78. The van der Waals surface area contributed by atoms with Gasteiger partial charge in [0.25, 0.3) is 0 Å². The van der Waals surface area contributed by atoms with Crippen LogP contribution in [0.4, 0.5) is 5.69 Å². The first-order valence-corrected chi connectivity index (χ1v) is 7.27. The van der Waals surface area contributed by atoms with Gasteiger partial charge in [0.2, 0.25) is 0 Å². The lowest BCUT2D eigenvalue weighted by molar-refractivity contribution is -0.0160. The highest BCUT2D eigenvalue weighted by molar-refractivity contribution is 5.45. The smallest absolute Gasteiger partial charge is 0.0617 e. The van der Waals surface area contributed by atoms with Crippen molar-refractivity contribution >= 4 is 5.69 Å². The fraction of sp³-hybridized carbons (Fsp3) is 0.625. The molecule has 3 nitrogen and oxygen atoms in total. The van der Waals surface area contributed by atoms with Crippen molar-refractivity contribution in [2.75, 3.05) is 18.5 Å². The van der Waals surface area contributed by atoms with Gasteiger partial charge in [-0.05, 0) is 42.9 Å². The SMILES string of the molecule is CC(C)C1CC(Nc2ccc(CCO)cc2)CCO1. The molecule has 0 amide bonds. The van der Waals surface area contributed by atoms with Gasteiger partial charge in [-0.15, -0.1) is 0 Å². The molecule has 1 saturated heterocycles. The number of ether oxygens (including phenoxy) is 1. The summed E-state index contributed by atoms with van der Waals surface area (Å²) < 4.78 is 5.79. The van der Waals surface area contributed by atoms with Crippen LogP contribution in [0.5, 0.6) is 0 Å². The number of nitrogens with one attached hydrogen (secondary N) is 1. The highest BCUT2D eigenvalue weighted by Gasteiger charge is 2.24. The van der Waals surface area contributed by atoms with Gasteiger partial charge in [-0.1, -0.05) is 26.0 Å². The van der Waals surface area contributed by atoms with Crippen molar-refractivity contribution in [1.82, 2.24) is 0 Å². The predicted octanol–water partition coefficient (Wildman–Crippen LogP) is 2.84. The molecule has 1 aromatic carbocycles. The summed E-state index contributed by atoms with van der Waals surface area (Å²) in [6, 6.07) is 8.87. The maximum absolute atomic E-state index is 8.90. The molecule has 1 aliphatic heterocycles. The number of anilines is 1. The Morgan fingerprint density at radius 1 is 1.32 bits per heavy atom. The Bertz CT molecular complexity index is 375. The Morgan fingerprint density at radius 2 is 2.05 bits per heavy atom. The Balaban J connectivity index is 1.89. The van der Waals surface area contributed by atoms with Crippen molar-refractivity contribution in [2.24, 2.45) is 5.92 Å². The largest absolute Gasteiger partial charge is 0.396 e. The van der Waals surface area contributed by atoms with Crippen LogP contribution in [0.15, 0.2) is 24.3 Å². The van der Waals surface area contributed by atoms with E-state index in [4.69, 9.17) is 9.84 Å². The van der Waals surface area contributed by atoms with Crippen LogP contribution < -0.4 is 5.32 Å². The minimum absolute atomic E-state index is 0.211. The maximum atomic E-state index is 8.90. The quantitative estimate of drug-likeness (QED) is 0.858. The van der Waals surface area contributed by atoms with Crippen molar-refractivity contribution in [3.63, 3.8) is 0 Å². The van der Waals surface area contributed by atoms with Gasteiger partial charge in [0.15, 0.2) is 0 Å². The van der Waals surface area contributed by atoms with Gasteiger partial charge in [0, 0.05) is 24.9 Å². The Labute approximate surface area is 116 Å². The molecule has 2 atom stereocenters. The Hall–Kier alpha value is -1.06. The van der Waals surface area contributed by atoms with Crippen molar-refractivity contribution in [3.8, 4) is 0 Å².